The number of hydrogen-bond donors (Lipinski definition) is 2. The van der Waals surface area contributed by atoms with E-state index >= 15 is 0 Å². The second-order valence-corrected chi connectivity index (χ2v) is 7.05. The van der Waals surface area contributed by atoms with Crippen LogP contribution in [0.15, 0.2) is 4.99 Å². The van der Waals surface area contributed by atoms with Gasteiger partial charge in [-0.3, -0.25) is 9.89 Å². The molecule has 0 aromatic heterocycles. The third kappa shape index (κ3) is 7.48. The lowest BCUT2D eigenvalue weighted by Gasteiger charge is -2.37. The van der Waals surface area contributed by atoms with Crippen LogP contribution in [-0.4, -0.2) is 89.3 Å². The molecule has 2 aliphatic heterocycles. The Bertz CT molecular complexity index is 381. The van der Waals surface area contributed by atoms with Crippen molar-refractivity contribution in [3.8, 4) is 0 Å². The third-order valence-corrected chi connectivity index (χ3v) is 4.84. The predicted octanol–water partition coefficient (Wildman–Crippen LogP) is 0.704. The van der Waals surface area contributed by atoms with Crippen LogP contribution in [0.3, 0.4) is 0 Å². The lowest BCUT2D eigenvalue weighted by atomic mass is 10.0. The molecule has 0 aromatic rings. The van der Waals surface area contributed by atoms with E-state index in [4.69, 9.17) is 14.2 Å². The van der Waals surface area contributed by atoms with Crippen LogP contribution in [0, 0.1) is 5.92 Å². The first-order chi connectivity index (χ1) is 12.2. The minimum Gasteiger partial charge on any atom is -0.379 e. The van der Waals surface area contributed by atoms with Crippen molar-refractivity contribution in [2.45, 2.75) is 38.8 Å². The summed E-state index contributed by atoms with van der Waals surface area (Å²) in [5, 5.41) is 6.85. The van der Waals surface area contributed by atoms with Crippen molar-refractivity contribution in [1.29, 1.82) is 0 Å². The van der Waals surface area contributed by atoms with Crippen LogP contribution in [-0.2, 0) is 14.2 Å². The molecule has 2 aliphatic rings. The summed E-state index contributed by atoms with van der Waals surface area (Å²) in [4.78, 5) is 6.85. The van der Waals surface area contributed by atoms with Gasteiger partial charge in [-0.05, 0) is 18.8 Å². The normalized spacial score (nSPS) is 23.8. The maximum absolute atomic E-state index is 5.78. The molecule has 2 atom stereocenters. The number of nitrogens with one attached hydrogen (secondary N) is 2. The average Bonchev–Trinajstić information content (AvgIpc) is 3.14. The van der Waals surface area contributed by atoms with E-state index in [2.05, 4.69) is 34.4 Å². The van der Waals surface area contributed by atoms with Crippen molar-refractivity contribution in [3.05, 3.63) is 0 Å². The standard InChI is InChI=1S/C18H36N4O3/c1-15(2)17(22-7-11-23-12-8-22)13-21-18(19-3)20-6-4-9-25-16-5-10-24-14-16/h15-17H,4-14H2,1-3H3,(H2,19,20,21). The number of guanidine groups is 1. The zero-order valence-electron chi connectivity index (χ0n) is 16.1. The Morgan fingerprint density at radius 2 is 2.00 bits per heavy atom. The fourth-order valence-corrected chi connectivity index (χ4v) is 3.29. The van der Waals surface area contributed by atoms with Crippen LogP contribution in [0.2, 0.25) is 0 Å². The highest BCUT2D eigenvalue weighted by Crippen LogP contribution is 2.12. The summed E-state index contributed by atoms with van der Waals surface area (Å²) < 4.78 is 16.6. The van der Waals surface area contributed by atoms with Gasteiger partial charge in [0.15, 0.2) is 5.96 Å². The van der Waals surface area contributed by atoms with Gasteiger partial charge >= 0.3 is 0 Å². The van der Waals surface area contributed by atoms with Crippen molar-refractivity contribution in [2.75, 3.05) is 66.3 Å². The smallest absolute Gasteiger partial charge is 0.191 e. The molecule has 7 nitrogen and oxygen atoms in total. The van der Waals surface area contributed by atoms with Gasteiger partial charge in [-0.2, -0.15) is 0 Å². The zero-order chi connectivity index (χ0) is 17.9. The summed E-state index contributed by atoms with van der Waals surface area (Å²) in [5.41, 5.74) is 0. The maximum Gasteiger partial charge on any atom is 0.191 e. The van der Waals surface area contributed by atoms with E-state index in [1.165, 1.54) is 0 Å². The molecule has 0 saturated carbocycles. The van der Waals surface area contributed by atoms with Gasteiger partial charge in [0.2, 0.25) is 0 Å². The van der Waals surface area contributed by atoms with E-state index in [1.54, 1.807) is 0 Å². The highest BCUT2D eigenvalue weighted by molar-refractivity contribution is 5.79. The van der Waals surface area contributed by atoms with E-state index < -0.39 is 0 Å². The first-order valence-electron chi connectivity index (χ1n) is 9.66. The van der Waals surface area contributed by atoms with Crippen LogP contribution in [0.1, 0.15) is 26.7 Å². The molecule has 2 unspecified atom stereocenters. The van der Waals surface area contributed by atoms with Crippen LogP contribution in [0.5, 0.6) is 0 Å². The minimum atomic E-state index is 0.290. The zero-order valence-corrected chi connectivity index (χ0v) is 16.1. The molecule has 2 rings (SSSR count). The summed E-state index contributed by atoms with van der Waals surface area (Å²) in [7, 11) is 1.82. The van der Waals surface area contributed by atoms with Gasteiger partial charge in [0.1, 0.15) is 0 Å². The van der Waals surface area contributed by atoms with Crippen LogP contribution < -0.4 is 10.6 Å². The number of ether oxygens (including phenoxy) is 3. The van der Waals surface area contributed by atoms with Crippen molar-refractivity contribution < 1.29 is 14.2 Å². The first kappa shape index (κ1) is 20.4. The molecule has 25 heavy (non-hydrogen) atoms. The number of morpholine rings is 1. The molecule has 2 saturated heterocycles. The van der Waals surface area contributed by atoms with E-state index in [0.717, 1.165) is 78.0 Å². The molecule has 2 N–H and O–H groups in total. The van der Waals surface area contributed by atoms with Crippen molar-refractivity contribution >= 4 is 5.96 Å². The van der Waals surface area contributed by atoms with E-state index in [9.17, 15) is 0 Å². The molecule has 0 amide bonds. The maximum atomic E-state index is 5.78. The summed E-state index contributed by atoms with van der Waals surface area (Å²) in [6, 6.07) is 0.494. The monoisotopic (exact) mass is 356 g/mol. The second kappa shape index (κ2) is 11.7. The molecular weight excluding hydrogens is 320 g/mol. The molecule has 146 valence electrons. The minimum absolute atomic E-state index is 0.290. The van der Waals surface area contributed by atoms with Gasteiger partial charge < -0.3 is 24.8 Å². The summed E-state index contributed by atoms with van der Waals surface area (Å²) in [5.74, 6) is 1.45. The molecule has 0 spiro atoms. The van der Waals surface area contributed by atoms with Crippen molar-refractivity contribution in [2.24, 2.45) is 10.9 Å². The highest BCUT2D eigenvalue weighted by atomic mass is 16.5. The highest BCUT2D eigenvalue weighted by Gasteiger charge is 2.23. The topological polar surface area (TPSA) is 67.4 Å². The largest absolute Gasteiger partial charge is 0.379 e. The van der Waals surface area contributed by atoms with Gasteiger partial charge in [0.25, 0.3) is 0 Å². The Morgan fingerprint density at radius 1 is 1.20 bits per heavy atom. The molecule has 0 bridgehead atoms. The Labute approximate surface area is 152 Å². The van der Waals surface area contributed by atoms with Crippen LogP contribution in [0.25, 0.3) is 0 Å². The SMILES string of the molecule is CN=C(NCCCOC1CCOC1)NCC(C(C)C)N1CCOCC1. The molecule has 0 aromatic carbocycles. The lowest BCUT2D eigenvalue weighted by Crippen LogP contribution is -2.52. The molecule has 2 fully saturated rings. The number of nitrogens with zero attached hydrogens (tertiary/aromatic N) is 2. The quantitative estimate of drug-likeness (QED) is 0.360. The Kier molecular flexibility index (Phi) is 9.54. The van der Waals surface area contributed by atoms with Crippen LogP contribution >= 0.6 is 0 Å². The fourth-order valence-electron chi connectivity index (χ4n) is 3.29. The second-order valence-electron chi connectivity index (χ2n) is 7.05. The molecule has 0 radical (unpaired) electrons. The summed E-state index contributed by atoms with van der Waals surface area (Å²) in [6.07, 6.45) is 2.28. The summed E-state index contributed by atoms with van der Waals surface area (Å²) in [6.45, 7) is 12.4. The Balaban J connectivity index is 1.62. The van der Waals surface area contributed by atoms with Crippen molar-refractivity contribution in [3.63, 3.8) is 0 Å². The number of aliphatic imine (C=N–C) groups is 1. The van der Waals surface area contributed by atoms with Crippen LogP contribution in [0.4, 0.5) is 0 Å². The van der Waals surface area contributed by atoms with E-state index in [0.29, 0.717) is 12.0 Å². The van der Waals surface area contributed by atoms with Gasteiger partial charge in [0.05, 0.1) is 25.9 Å². The molecule has 7 heteroatoms. The Hall–Kier alpha value is -0.890. The van der Waals surface area contributed by atoms with E-state index in [-0.39, 0.29) is 6.10 Å². The fraction of sp³-hybridized carbons (Fsp3) is 0.944. The van der Waals surface area contributed by atoms with Gasteiger partial charge in [-0.25, -0.2) is 0 Å². The third-order valence-electron chi connectivity index (χ3n) is 4.84. The number of hydrogen-bond acceptors (Lipinski definition) is 5. The Morgan fingerprint density at radius 3 is 2.64 bits per heavy atom. The van der Waals surface area contributed by atoms with Gasteiger partial charge in [-0.15, -0.1) is 0 Å². The molecule has 0 aliphatic carbocycles. The predicted molar refractivity (Wildman–Crippen MR) is 100 cm³/mol. The number of rotatable bonds is 9. The molecular formula is C18H36N4O3. The lowest BCUT2D eigenvalue weighted by molar-refractivity contribution is 0.00752. The average molecular weight is 357 g/mol. The van der Waals surface area contributed by atoms with Crippen molar-refractivity contribution in [1.82, 2.24) is 15.5 Å². The summed E-state index contributed by atoms with van der Waals surface area (Å²) >= 11 is 0. The van der Waals surface area contributed by atoms with Gasteiger partial charge in [0, 0.05) is 52.5 Å². The van der Waals surface area contributed by atoms with Gasteiger partial charge in [-0.1, -0.05) is 13.8 Å². The first-order valence-corrected chi connectivity index (χ1v) is 9.66. The van der Waals surface area contributed by atoms with E-state index in [1.807, 2.05) is 7.05 Å². The molecule has 2 heterocycles.